The zero-order valence-electron chi connectivity index (χ0n) is 11.9. The Bertz CT molecular complexity index is 617. The van der Waals surface area contributed by atoms with Gasteiger partial charge in [0.15, 0.2) is 0 Å². The van der Waals surface area contributed by atoms with Gasteiger partial charge in [0.05, 0.1) is 19.1 Å². The summed E-state index contributed by atoms with van der Waals surface area (Å²) in [4.78, 5) is 11.6. The second kappa shape index (κ2) is 6.86. The fourth-order valence-electron chi connectivity index (χ4n) is 1.88. The van der Waals surface area contributed by atoms with Crippen LogP contribution in [0.25, 0.3) is 0 Å². The summed E-state index contributed by atoms with van der Waals surface area (Å²) >= 11 is 0. The van der Waals surface area contributed by atoms with Crippen molar-refractivity contribution in [3.63, 3.8) is 0 Å². The van der Waals surface area contributed by atoms with E-state index in [1.165, 1.54) is 6.08 Å². The van der Waals surface area contributed by atoms with E-state index in [2.05, 4.69) is 0 Å². The van der Waals surface area contributed by atoms with Gasteiger partial charge in [-0.2, -0.15) is 16.8 Å². The Morgan fingerprint density at radius 3 is 2.14 bits per heavy atom. The molecular formula is C11H18O8S2. The zero-order chi connectivity index (χ0) is 16.3. The molecule has 1 aliphatic carbocycles. The number of hydrogen-bond acceptors (Lipinski definition) is 8. The molecule has 0 N–H and O–H groups in total. The molecule has 0 saturated heterocycles. The molecular weight excluding hydrogens is 324 g/mol. The molecule has 21 heavy (non-hydrogen) atoms. The molecule has 1 aliphatic rings. The largest absolute Gasteiger partial charge is 0.463 e. The van der Waals surface area contributed by atoms with Gasteiger partial charge in [0.1, 0.15) is 12.2 Å². The highest BCUT2D eigenvalue weighted by Gasteiger charge is 2.35. The van der Waals surface area contributed by atoms with Crippen molar-refractivity contribution in [1.82, 2.24) is 0 Å². The van der Waals surface area contributed by atoms with E-state index in [0.29, 0.717) is 0 Å². The van der Waals surface area contributed by atoms with Crippen LogP contribution in [0.3, 0.4) is 0 Å². The Morgan fingerprint density at radius 1 is 1.14 bits per heavy atom. The van der Waals surface area contributed by atoms with E-state index >= 15 is 0 Å². The molecule has 2 unspecified atom stereocenters. The highest BCUT2D eigenvalue weighted by atomic mass is 32.2. The second-order valence-corrected chi connectivity index (χ2v) is 7.77. The van der Waals surface area contributed by atoms with Crippen molar-refractivity contribution in [2.45, 2.75) is 32.0 Å². The summed E-state index contributed by atoms with van der Waals surface area (Å²) in [5.74, 6) is -0.586. The maximum absolute atomic E-state index is 11.6. The van der Waals surface area contributed by atoms with Crippen molar-refractivity contribution in [2.75, 3.05) is 19.1 Å². The van der Waals surface area contributed by atoms with E-state index < -0.39 is 38.4 Å². The molecule has 10 heteroatoms. The molecule has 0 amide bonds. The Hall–Kier alpha value is -0.970. The van der Waals surface area contributed by atoms with Gasteiger partial charge in [-0.1, -0.05) is 6.08 Å². The van der Waals surface area contributed by atoms with Crippen LogP contribution in [0.5, 0.6) is 0 Å². The number of esters is 1. The first-order valence-electron chi connectivity index (χ1n) is 6.14. The summed E-state index contributed by atoms with van der Waals surface area (Å²) in [7, 11) is -7.61. The van der Waals surface area contributed by atoms with E-state index in [9.17, 15) is 21.6 Å². The average molecular weight is 342 g/mol. The number of carbonyl (C=O) groups is 1. The normalized spacial score (nSPS) is 23.5. The van der Waals surface area contributed by atoms with Gasteiger partial charge in [-0.3, -0.25) is 8.37 Å². The molecule has 0 aromatic rings. The maximum Gasteiger partial charge on any atom is 0.333 e. The second-order valence-electron chi connectivity index (χ2n) is 4.57. The standard InChI is InChI=1S/C11H18O8S2/c1-4-17-11(12)8-5-6-9(18-20(2,13)14)10(7-8)19-21(3,15)16/h5,9-10H,4,6-7H2,1-3H3. The van der Waals surface area contributed by atoms with Gasteiger partial charge < -0.3 is 4.74 Å². The topological polar surface area (TPSA) is 113 Å². The number of hydrogen-bond donors (Lipinski definition) is 0. The van der Waals surface area contributed by atoms with Crippen molar-refractivity contribution in [1.29, 1.82) is 0 Å². The fourth-order valence-corrected chi connectivity index (χ4v) is 3.17. The molecule has 122 valence electrons. The van der Waals surface area contributed by atoms with E-state index in [4.69, 9.17) is 13.1 Å². The van der Waals surface area contributed by atoms with Crippen LogP contribution in [0.1, 0.15) is 19.8 Å². The van der Waals surface area contributed by atoms with Crippen molar-refractivity contribution >= 4 is 26.2 Å². The van der Waals surface area contributed by atoms with Crippen molar-refractivity contribution in [2.24, 2.45) is 0 Å². The van der Waals surface area contributed by atoms with Crippen LogP contribution in [-0.4, -0.2) is 54.1 Å². The van der Waals surface area contributed by atoms with Crippen LogP contribution in [0.2, 0.25) is 0 Å². The van der Waals surface area contributed by atoms with E-state index in [0.717, 1.165) is 12.5 Å². The molecule has 0 spiro atoms. The molecule has 0 saturated carbocycles. The SMILES string of the molecule is CCOC(=O)C1=CCC(OS(C)(=O)=O)C(OS(C)(=O)=O)C1. The number of rotatable bonds is 6. The van der Waals surface area contributed by atoms with E-state index in [-0.39, 0.29) is 25.0 Å². The predicted octanol–water partition coefficient (Wildman–Crippen LogP) is -0.0407. The van der Waals surface area contributed by atoms with Crippen molar-refractivity contribution < 1.29 is 34.7 Å². The third-order valence-corrected chi connectivity index (χ3v) is 3.76. The molecule has 0 fully saturated rings. The summed E-state index contributed by atoms with van der Waals surface area (Å²) in [5.41, 5.74) is 0.235. The molecule has 0 heterocycles. The van der Waals surface area contributed by atoms with Gasteiger partial charge in [-0.05, 0) is 13.3 Å². The number of carbonyl (C=O) groups excluding carboxylic acids is 1. The van der Waals surface area contributed by atoms with Crippen LogP contribution < -0.4 is 0 Å². The molecule has 0 radical (unpaired) electrons. The van der Waals surface area contributed by atoms with Gasteiger partial charge in [-0.25, -0.2) is 4.79 Å². The van der Waals surface area contributed by atoms with Crippen LogP contribution in [0, 0.1) is 0 Å². The minimum absolute atomic E-state index is 0.0292. The molecule has 8 nitrogen and oxygen atoms in total. The third kappa shape index (κ3) is 6.55. The maximum atomic E-state index is 11.6. The minimum atomic E-state index is -3.83. The first kappa shape index (κ1) is 18.1. The molecule has 2 atom stereocenters. The molecule has 0 aromatic carbocycles. The van der Waals surface area contributed by atoms with Crippen molar-refractivity contribution in [3.05, 3.63) is 11.6 Å². The summed E-state index contributed by atoms with van der Waals surface area (Å²) in [6.07, 6.45) is 0.984. The summed E-state index contributed by atoms with van der Waals surface area (Å²) in [6, 6.07) is 0. The van der Waals surface area contributed by atoms with Crippen molar-refractivity contribution in [3.8, 4) is 0 Å². The molecule has 0 aromatic heterocycles. The zero-order valence-corrected chi connectivity index (χ0v) is 13.6. The Balaban J connectivity index is 2.95. The highest BCUT2D eigenvalue weighted by Crippen LogP contribution is 2.27. The van der Waals surface area contributed by atoms with Crippen LogP contribution >= 0.6 is 0 Å². The molecule has 0 aliphatic heterocycles. The van der Waals surface area contributed by atoms with Gasteiger partial charge in [-0.15, -0.1) is 0 Å². The highest BCUT2D eigenvalue weighted by molar-refractivity contribution is 7.86. The first-order chi connectivity index (χ1) is 9.52. The lowest BCUT2D eigenvalue weighted by Gasteiger charge is -2.28. The lowest BCUT2D eigenvalue weighted by molar-refractivity contribution is -0.139. The van der Waals surface area contributed by atoms with Gasteiger partial charge in [0, 0.05) is 12.0 Å². The summed E-state index contributed by atoms with van der Waals surface area (Å²) in [5, 5.41) is 0. The Kier molecular flexibility index (Phi) is 5.91. The van der Waals surface area contributed by atoms with E-state index in [1.807, 2.05) is 0 Å². The molecule has 0 bridgehead atoms. The third-order valence-electron chi connectivity index (χ3n) is 2.57. The first-order valence-corrected chi connectivity index (χ1v) is 9.78. The average Bonchev–Trinajstić information content (AvgIpc) is 2.28. The smallest absolute Gasteiger partial charge is 0.333 e. The molecule has 1 rings (SSSR count). The lowest BCUT2D eigenvalue weighted by atomic mass is 9.94. The van der Waals surface area contributed by atoms with Crippen LogP contribution in [-0.2, 0) is 38.1 Å². The van der Waals surface area contributed by atoms with Gasteiger partial charge >= 0.3 is 5.97 Å². The summed E-state index contributed by atoms with van der Waals surface area (Å²) < 4.78 is 59.3. The number of ether oxygens (including phenoxy) is 1. The van der Waals surface area contributed by atoms with Crippen LogP contribution in [0.4, 0.5) is 0 Å². The minimum Gasteiger partial charge on any atom is -0.463 e. The quantitative estimate of drug-likeness (QED) is 0.488. The summed E-state index contributed by atoms with van der Waals surface area (Å²) in [6.45, 7) is 1.82. The van der Waals surface area contributed by atoms with E-state index in [1.54, 1.807) is 6.92 Å². The van der Waals surface area contributed by atoms with Gasteiger partial charge in [0.25, 0.3) is 20.2 Å². The monoisotopic (exact) mass is 342 g/mol. The fraction of sp³-hybridized carbons (Fsp3) is 0.727. The Morgan fingerprint density at radius 2 is 1.67 bits per heavy atom. The van der Waals surface area contributed by atoms with Gasteiger partial charge in [0.2, 0.25) is 0 Å². The van der Waals surface area contributed by atoms with Crippen LogP contribution in [0.15, 0.2) is 11.6 Å². The predicted molar refractivity (Wildman–Crippen MR) is 73.4 cm³/mol. The lowest BCUT2D eigenvalue weighted by Crippen LogP contribution is -2.38. The Labute approximate surface area is 124 Å².